The van der Waals surface area contributed by atoms with Gasteiger partial charge in [-0.2, -0.15) is 0 Å². The molecule has 106 valence electrons. The molecule has 0 saturated carbocycles. The molecule has 1 atom stereocenters. The maximum atomic E-state index is 11.2. The van der Waals surface area contributed by atoms with Crippen LogP contribution in [0.3, 0.4) is 0 Å². The van der Waals surface area contributed by atoms with E-state index < -0.39 is 4.92 Å². The maximum Gasteiger partial charge on any atom is 0.315 e. The molecule has 1 aromatic rings. The van der Waals surface area contributed by atoms with Crippen molar-refractivity contribution >= 4 is 17.1 Å². The minimum atomic E-state index is -0.400. The third-order valence-corrected chi connectivity index (χ3v) is 3.37. The number of anilines is 2. The highest BCUT2D eigenvalue weighted by Gasteiger charge is 2.26. The van der Waals surface area contributed by atoms with E-state index in [4.69, 9.17) is 5.11 Å². The Bertz CT molecular complexity index is 451. The molecule has 0 bridgehead atoms. The summed E-state index contributed by atoms with van der Waals surface area (Å²) in [5, 5.41) is 26.3. The van der Waals surface area contributed by atoms with Crippen LogP contribution in [-0.2, 0) is 0 Å². The first-order valence-corrected chi connectivity index (χ1v) is 6.31. The molecule has 6 nitrogen and oxygen atoms in total. The number of nitro benzene ring substituents is 1. The molecule has 0 radical (unpaired) electrons. The van der Waals surface area contributed by atoms with Gasteiger partial charge in [-0.3, -0.25) is 10.1 Å². The second-order valence-corrected chi connectivity index (χ2v) is 4.72. The van der Waals surface area contributed by atoms with Gasteiger partial charge in [0, 0.05) is 19.2 Å². The number of hydrogen-bond donors (Lipinski definition) is 3. The van der Waals surface area contributed by atoms with Crippen LogP contribution in [0.5, 0.6) is 0 Å². The smallest absolute Gasteiger partial charge is 0.315 e. The Balaban J connectivity index is 3.16. The number of aliphatic hydroxyl groups excluding tert-OH is 1. The standard InChI is InChI=1S/C13H21N3O3/c1-4-13(2,8-9-17)15-11-7-5-6-10(14-3)12(11)16(18)19/h5-7,14-15,17H,4,8-9H2,1-3H3. The summed E-state index contributed by atoms with van der Waals surface area (Å²) in [5.74, 6) is 0. The van der Waals surface area contributed by atoms with Gasteiger partial charge < -0.3 is 15.7 Å². The first-order chi connectivity index (χ1) is 8.97. The Morgan fingerprint density at radius 2 is 2.05 bits per heavy atom. The molecule has 6 heteroatoms. The van der Waals surface area contributed by atoms with Crippen LogP contribution in [0.2, 0.25) is 0 Å². The molecule has 1 unspecified atom stereocenters. The Kier molecular flexibility index (Phi) is 5.11. The van der Waals surface area contributed by atoms with E-state index >= 15 is 0 Å². The largest absolute Gasteiger partial charge is 0.396 e. The molecule has 0 fully saturated rings. The fourth-order valence-electron chi connectivity index (χ4n) is 1.94. The molecule has 0 aromatic heterocycles. The van der Waals surface area contributed by atoms with Crippen molar-refractivity contribution in [3.8, 4) is 0 Å². The number of nitrogens with zero attached hydrogens (tertiary/aromatic N) is 1. The number of aliphatic hydroxyl groups is 1. The number of para-hydroxylation sites is 1. The number of benzene rings is 1. The van der Waals surface area contributed by atoms with Gasteiger partial charge in [0.15, 0.2) is 0 Å². The highest BCUT2D eigenvalue weighted by molar-refractivity contribution is 5.76. The first kappa shape index (κ1) is 15.2. The minimum absolute atomic E-state index is 0.0302. The number of rotatable bonds is 7. The zero-order chi connectivity index (χ0) is 14.5. The Morgan fingerprint density at radius 1 is 1.42 bits per heavy atom. The van der Waals surface area contributed by atoms with Gasteiger partial charge in [-0.05, 0) is 31.9 Å². The van der Waals surface area contributed by atoms with Crippen molar-refractivity contribution in [1.82, 2.24) is 0 Å². The Labute approximate surface area is 113 Å². The second-order valence-electron chi connectivity index (χ2n) is 4.72. The van der Waals surface area contributed by atoms with Crippen molar-refractivity contribution in [1.29, 1.82) is 0 Å². The normalized spacial score (nSPS) is 13.7. The summed E-state index contributed by atoms with van der Waals surface area (Å²) >= 11 is 0. The van der Waals surface area contributed by atoms with Gasteiger partial charge in [0.05, 0.1) is 4.92 Å². The first-order valence-electron chi connectivity index (χ1n) is 6.31. The zero-order valence-corrected chi connectivity index (χ0v) is 11.6. The van der Waals surface area contributed by atoms with Gasteiger partial charge in [0.25, 0.3) is 0 Å². The summed E-state index contributed by atoms with van der Waals surface area (Å²) < 4.78 is 0. The van der Waals surface area contributed by atoms with Gasteiger partial charge in [0.1, 0.15) is 11.4 Å². The van der Waals surface area contributed by atoms with E-state index in [1.54, 1.807) is 25.2 Å². The molecule has 0 aliphatic carbocycles. The van der Waals surface area contributed by atoms with E-state index in [-0.39, 0.29) is 17.8 Å². The van der Waals surface area contributed by atoms with Crippen LogP contribution in [0.15, 0.2) is 18.2 Å². The van der Waals surface area contributed by atoms with Gasteiger partial charge in [-0.1, -0.05) is 13.0 Å². The van der Waals surface area contributed by atoms with Crippen molar-refractivity contribution in [2.75, 3.05) is 24.3 Å². The highest BCUT2D eigenvalue weighted by Crippen LogP contribution is 2.35. The summed E-state index contributed by atoms with van der Waals surface area (Å²) in [5.41, 5.74) is 0.598. The molecule has 0 spiro atoms. The lowest BCUT2D eigenvalue weighted by molar-refractivity contribution is -0.383. The number of nitrogens with one attached hydrogen (secondary N) is 2. The highest BCUT2D eigenvalue weighted by atomic mass is 16.6. The van der Waals surface area contributed by atoms with Crippen LogP contribution >= 0.6 is 0 Å². The molecule has 1 rings (SSSR count). The van der Waals surface area contributed by atoms with Crippen molar-refractivity contribution in [2.45, 2.75) is 32.2 Å². The lowest BCUT2D eigenvalue weighted by Gasteiger charge is -2.30. The quantitative estimate of drug-likeness (QED) is 0.522. The van der Waals surface area contributed by atoms with Crippen LogP contribution in [0.1, 0.15) is 26.7 Å². The Hall–Kier alpha value is -1.82. The van der Waals surface area contributed by atoms with E-state index in [1.807, 2.05) is 13.8 Å². The van der Waals surface area contributed by atoms with Crippen molar-refractivity contribution < 1.29 is 10.0 Å². The number of hydrogen-bond acceptors (Lipinski definition) is 5. The van der Waals surface area contributed by atoms with Crippen LogP contribution in [-0.4, -0.2) is 29.2 Å². The van der Waals surface area contributed by atoms with E-state index in [0.717, 1.165) is 6.42 Å². The van der Waals surface area contributed by atoms with Crippen LogP contribution in [0.4, 0.5) is 17.1 Å². The van der Waals surface area contributed by atoms with E-state index in [2.05, 4.69) is 10.6 Å². The van der Waals surface area contributed by atoms with Gasteiger partial charge in [-0.25, -0.2) is 0 Å². The predicted molar refractivity (Wildman–Crippen MR) is 76.7 cm³/mol. The fraction of sp³-hybridized carbons (Fsp3) is 0.538. The fourth-order valence-corrected chi connectivity index (χ4v) is 1.94. The van der Waals surface area contributed by atoms with Crippen LogP contribution in [0, 0.1) is 10.1 Å². The topological polar surface area (TPSA) is 87.4 Å². The Morgan fingerprint density at radius 3 is 2.53 bits per heavy atom. The molecular formula is C13H21N3O3. The monoisotopic (exact) mass is 267 g/mol. The minimum Gasteiger partial charge on any atom is -0.396 e. The molecule has 0 aliphatic heterocycles. The molecule has 0 heterocycles. The van der Waals surface area contributed by atoms with Crippen LogP contribution in [0.25, 0.3) is 0 Å². The summed E-state index contributed by atoms with van der Waals surface area (Å²) in [6.45, 7) is 3.96. The molecule has 0 aliphatic rings. The molecule has 1 aromatic carbocycles. The third-order valence-electron chi connectivity index (χ3n) is 3.37. The average Bonchev–Trinajstić information content (AvgIpc) is 2.38. The zero-order valence-electron chi connectivity index (χ0n) is 11.6. The van der Waals surface area contributed by atoms with Crippen molar-refractivity contribution in [2.24, 2.45) is 0 Å². The summed E-state index contributed by atoms with van der Waals surface area (Å²) in [7, 11) is 1.65. The van der Waals surface area contributed by atoms with Gasteiger partial charge in [-0.15, -0.1) is 0 Å². The van der Waals surface area contributed by atoms with E-state index in [9.17, 15) is 10.1 Å². The lowest BCUT2D eigenvalue weighted by Crippen LogP contribution is -2.35. The van der Waals surface area contributed by atoms with Gasteiger partial charge in [0.2, 0.25) is 0 Å². The summed E-state index contributed by atoms with van der Waals surface area (Å²) in [6, 6.07) is 5.11. The summed E-state index contributed by atoms with van der Waals surface area (Å²) in [4.78, 5) is 10.8. The maximum absolute atomic E-state index is 11.2. The lowest BCUT2D eigenvalue weighted by atomic mass is 9.94. The second kappa shape index (κ2) is 6.38. The van der Waals surface area contributed by atoms with Crippen LogP contribution < -0.4 is 10.6 Å². The van der Waals surface area contributed by atoms with Gasteiger partial charge >= 0.3 is 5.69 Å². The van der Waals surface area contributed by atoms with Crippen molar-refractivity contribution in [3.63, 3.8) is 0 Å². The summed E-state index contributed by atoms with van der Waals surface area (Å²) in [6.07, 6.45) is 1.29. The van der Waals surface area contributed by atoms with E-state index in [0.29, 0.717) is 17.8 Å². The van der Waals surface area contributed by atoms with E-state index in [1.165, 1.54) is 0 Å². The SMILES string of the molecule is CCC(C)(CCO)Nc1cccc(NC)c1[N+](=O)[O-]. The molecule has 3 N–H and O–H groups in total. The molecule has 0 amide bonds. The molecule has 19 heavy (non-hydrogen) atoms. The molecule has 0 saturated heterocycles. The molecular weight excluding hydrogens is 246 g/mol. The van der Waals surface area contributed by atoms with Crippen molar-refractivity contribution in [3.05, 3.63) is 28.3 Å². The average molecular weight is 267 g/mol. The third kappa shape index (κ3) is 3.57. The predicted octanol–water partition coefficient (Wildman–Crippen LogP) is 2.60. The number of nitro groups is 1.